The van der Waals surface area contributed by atoms with Crippen LogP contribution in [0.1, 0.15) is 35.7 Å². The highest BCUT2D eigenvalue weighted by Gasteiger charge is 2.26. The third kappa shape index (κ3) is 4.76. The molecule has 1 saturated heterocycles. The normalized spacial score (nSPS) is 18.3. The van der Waals surface area contributed by atoms with Crippen LogP contribution < -0.4 is 0 Å². The molecule has 1 aliphatic rings. The van der Waals surface area contributed by atoms with Crippen LogP contribution in [-0.4, -0.2) is 51.6 Å². The Balaban J connectivity index is 2.10. The predicted molar refractivity (Wildman–Crippen MR) is 86.6 cm³/mol. The number of rotatable bonds is 7. The van der Waals surface area contributed by atoms with Crippen LogP contribution in [0.15, 0.2) is 24.3 Å². The van der Waals surface area contributed by atoms with Crippen LogP contribution in [-0.2, 0) is 25.2 Å². The number of hydrogen-bond donors (Lipinski definition) is 0. The van der Waals surface area contributed by atoms with Crippen LogP contribution in [0.5, 0.6) is 0 Å². The topological polar surface area (TPSA) is 72.9 Å². The van der Waals surface area contributed by atoms with Crippen LogP contribution in [0.2, 0.25) is 0 Å². The maximum absolute atomic E-state index is 12.6. The highest BCUT2D eigenvalue weighted by molar-refractivity contribution is 7.88. The lowest BCUT2D eigenvalue weighted by Crippen LogP contribution is -2.37. The van der Waals surface area contributed by atoms with Gasteiger partial charge in [-0.25, -0.2) is 13.2 Å². The number of esters is 1. The highest BCUT2D eigenvalue weighted by Crippen LogP contribution is 2.18. The number of methoxy groups -OCH3 is 1. The zero-order chi connectivity index (χ0) is 16.9. The van der Waals surface area contributed by atoms with E-state index in [4.69, 9.17) is 4.74 Å². The first-order valence-electron chi connectivity index (χ1n) is 7.73. The van der Waals surface area contributed by atoms with E-state index in [-0.39, 0.29) is 11.9 Å². The lowest BCUT2D eigenvalue weighted by Gasteiger charge is -2.23. The van der Waals surface area contributed by atoms with Gasteiger partial charge in [-0.3, -0.25) is 0 Å². The molecule has 0 radical (unpaired) electrons. The van der Waals surface area contributed by atoms with Crippen LogP contribution in [0.3, 0.4) is 0 Å². The first kappa shape index (κ1) is 17.9. The molecule has 1 atom stereocenters. The van der Waals surface area contributed by atoms with Crippen molar-refractivity contribution in [2.45, 2.75) is 31.6 Å². The van der Waals surface area contributed by atoms with Crippen molar-refractivity contribution < 1.29 is 22.7 Å². The summed E-state index contributed by atoms with van der Waals surface area (Å²) >= 11 is 0. The molecule has 0 unspecified atom stereocenters. The number of nitrogens with zero attached hydrogens (tertiary/aromatic N) is 1. The number of carbonyl (C=O) groups is 1. The molecule has 2 rings (SSSR count). The van der Waals surface area contributed by atoms with E-state index in [0.29, 0.717) is 30.8 Å². The van der Waals surface area contributed by atoms with Gasteiger partial charge in [0, 0.05) is 19.7 Å². The Bertz CT molecular complexity index is 638. The fourth-order valence-electron chi connectivity index (χ4n) is 2.66. The Morgan fingerprint density at radius 2 is 2.22 bits per heavy atom. The summed E-state index contributed by atoms with van der Waals surface area (Å²) in [5.74, 6) is -0.616. The number of sulfonamides is 1. The maximum atomic E-state index is 12.6. The second-order valence-electron chi connectivity index (χ2n) is 5.53. The first-order chi connectivity index (χ1) is 11.0. The summed E-state index contributed by atoms with van der Waals surface area (Å²) in [6, 6.07) is 6.52. The molecule has 1 heterocycles. The Hall–Kier alpha value is -1.44. The molecule has 1 fully saturated rings. The van der Waals surface area contributed by atoms with Gasteiger partial charge in [0.2, 0.25) is 10.0 Å². The quantitative estimate of drug-likeness (QED) is 0.707. The van der Waals surface area contributed by atoms with Gasteiger partial charge in [0.1, 0.15) is 0 Å². The number of ether oxygens (including phenoxy) is 2. The molecule has 128 valence electrons. The van der Waals surface area contributed by atoms with Gasteiger partial charge in [-0.15, -0.1) is 0 Å². The van der Waals surface area contributed by atoms with Crippen molar-refractivity contribution in [3.63, 3.8) is 0 Å². The fraction of sp³-hybridized carbons (Fsp3) is 0.562. The Labute approximate surface area is 137 Å². The molecule has 1 aliphatic heterocycles. The van der Waals surface area contributed by atoms with Crippen molar-refractivity contribution in [2.24, 2.45) is 0 Å². The van der Waals surface area contributed by atoms with Crippen LogP contribution >= 0.6 is 0 Å². The zero-order valence-corrected chi connectivity index (χ0v) is 14.3. The minimum Gasteiger partial charge on any atom is -0.465 e. The molecule has 0 aromatic heterocycles. The molecule has 6 nitrogen and oxygen atoms in total. The minimum atomic E-state index is -3.46. The Morgan fingerprint density at radius 1 is 1.43 bits per heavy atom. The van der Waals surface area contributed by atoms with Gasteiger partial charge in [0.15, 0.2) is 0 Å². The van der Waals surface area contributed by atoms with Gasteiger partial charge >= 0.3 is 5.97 Å². The third-order valence-corrected chi connectivity index (χ3v) is 5.77. The molecule has 0 amide bonds. The molecule has 0 bridgehead atoms. The Morgan fingerprint density at radius 3 is 2.83 bits per heavy atom. The molecular weight excluding hydrogens is 318 g/mol. The lowest BCUT2D eigenvalue weighted by atomic mass is 10.1. The highest BCUT2D eigenvalue weighted by atomic mass is 32.2. The van der Waals surface area contributed by atoms with Gasteiger partial charge in [0.25, 0.3) is 0 Å². The van der Waals surface area contributed by atoms with E-state index in [1.807, 2.05) is 6.92 Å². The monoisotopic (exact) mass is 341 g/mol. The van der Waals surface area contributed by atoms with Crippen LogP contribution in [0.25, 0.3) is 0 Å². The minimum absolute atomic E-state index is 0.0221. The number of carbonyl (C=O) groups excluding carboxylic acids is 1. The second-order valence-corrected chi connectivity index (χ2v) is 7.50. The van der Waals surface area contributed by atoms with Crippen molar-refractivity contribution >= 4 is 16.0 Å². The number of likely N-dealkylation sites (N-methyl/N-ethyl adjacent to an activating group) is 1. The van der Waals surface area contributed by atoms with E-state index < -0.39 is 16.0 Å². The van der Waals surface area contributed by atoms with E-state index in [9.17, 15) is 13.2 Å². The SMILES string of the molecule is CCN(C[C@H]1CCCO1)S(=O)(=O)Cc1cccc(C(=O)OC)c1. The molecule has 0 aliphatic carbocycles. The van der Waals surface area contributed by atoms with Crippen LogP contribution in [0, 0.1) is 0 Å². The Kier molecular flexibility index (Phi) is 6.15. The summed E-state index contributed by atoms with van der Waals surface area (Å²) in [6.07, 6.45) is 1.85. The second kappa shape index (κ2) is 7.90. The smallest absolute Gasteiger partial charge is 0.337 e. The summed E-state index contributed by atoms with van der Waals surface area (Å²) in [4.78, 5) is 11.6. The summed E-state index contributed by atoms with van der Waals surface area (Å²) in [6.45, 7) is 3.30. The fourth-order valence-corrected chi connectivity index (χ4v) is 4.23. The average Bonchev–Trinajstić information content (AvgIpc) is 3.04. The summed E-state index contributed by atoms with van der Waals surface area (Å²) in [7, 11) is -2.16. The molecular formula is C16H23NO5S. The number of benzene rings is 1. The van der Waals surface area contributed by atoms with Crippen molar-refractivity contribution in [1.29, 1.82) is 0 Å². The van der Waals surface area contributed by atoms with E-state index in [1.54, 1.807) is 24.3 Å². The van der Waals surface area contributed by atoms with E-state index in [2.05, 4.69) is 4.74 Å². The predicted octanol–water partition coefficient (Wildman–Crippen LogP) is 1.80. The average molecular weight is 341 g/mol. The zero-order valence-electron chi connectivity index (χ0n) is 13.5. The number of hydrogen-bond acceptors (Lipinski definition) is 5. The van der Waals surface area contributed by atoms with Crippen molar-refractivity contribution in [2.75, 3.05) is 26.8 Å². The standard InChI is InChI=1S/C16H23NO5S/c1-3-17(11-15-8-5-9-22-15)23(19,20)12-13-6-4-7-14(10-13)16(18)21-2/h4,6-7,10,15H,3,5,8-9,11-12H2,1-2H3/t15-/m1/s1. The van der Waals surface area contributed by atoms with Crippen LogP contribution in [0.4, 0.5) is 0 Å². The van der Waals surface area contributed by atoms with E-state index in [1.165, 1.54) is 11.4 Å². The summed E-state index contributed by atoms with van der Waals surface area (Å²) in [5, 5.41) is 0. The van der Waals surface area contributed by atoms with Gasteiger partial charge in [-0.05, 0) is 30.5 Å². The van der Waals surface area contributed by atoms with Gasteiger partial charge < -0.3 is 9.47 Å². The van der Waals surface area contributed by atoms with E-state index >= 15 is 0 Å². The lowest BCUT2D eigenvalue weighted by molar-refractivity contribution is 0.0600. The molecule has 1 aromatic carbocycles. The molecule has 0 N–H and O–H groups in total. The third-order valence-electron chi connectivity index (χ3n) is 3.87. The van der Waals surface area contributed by atoms with Crippen molar-refractivity contribution in [3.8, 4) is 0 Å². The van der Waals surface area contributed by atoms with Gasteiger partial charge in [0.05, 0.1) is 24.5 Å². The van der Waals surface area contributed by atoms with Crippen molar-refractivity contribution in [1.82, 2.24) is 4.31 Å². The molecule has 23 heavy (non-hydrogen) atoms. The first-order valence-corrected chi connectivity index (χ1v) is 9.34. The maximum Gasteiger partial charge on any atom is 0.337 e. The van der Waals surface area contributed by atoms with Gasteiger partial charge in [-0.2, -0.15) is 4.31 Å². The molecule has 0 spiro atoms. The molecule has 1 aromatic rings. The summed E-state index contributed by atoms with van der Waals surface area (Å²) in [5.41, 5.74) is 0.918. The molecule has 7 heteroatoms. The summed E-state index contributed by atoms with van der Waals surface area (Å²) < 4.78 is 36.9. The van der Waals surface area contributed by atoms with Crippen molar-refractivity contribution in [3.05, 3.63) is 35.4 Å². The van der Waals surface area contributed by atoms with E-state index in [0.717, 1.165) is 12.8 Å². The largest absolute Gasteiger partial charge is 0.465 e. The molecule has 0 saturated carbocycles. The van der Waals surface area contributed by atoms with Gasteiger partial charge in [-0.1, -0.05) is 19.1 Å².